The molecule has 3 rings (SSSR count). The summed E-state index contributed by atoms with van der Waals surface area (Å²) in [7, 11) is 0. The standard InChI is InChI=1S/C13H12ClNO2S/c14-9-7-11-10(16-3-4-17-11)6-8(9)13(15)12-2-1-5-18-12/h1-2,5-7,13H,3-4,15H2. The molecule has 2 heterocycles. The molecule has 2 aromatic rings. The first-order valence-corrected chi connectivity index (χ1v) is 6.89. The van der Waals surface area contributed by atoms with Crippen molar-refractivity contribution >= 4 is 22.9 Å². The molecular formula is C13H12ClNO2S. The van der Waals surface area contributed by atoms with E-state index in [0.29, 0.717) is 29.7 Å². The van der Waals surface area contributed by atoms with Gasteiger partial charge >= 0.3 is 0 Å². The summed E-state index contributed by atoms with van der Waals surface area (Å²) >= 11 is 7.88. The molecule has 0 amide bonds. The van der Waals surface area contributed by atoms with E-state index < -0.39 is 0 Å². The fourth-order valence-electron chi connectivity index (χ4n) is 1.94. The molecule has 0 bridgehead atoms. The van der Waals surface area contributed by atoms with Crippen LogP contribution in [0.4, 0.5) is 0 Å². The van der Waals surface area contributed by atoms with Crippen molar-refractivity contribution < 1.29 is 9.47 Å². The largest absolute Gasteiger partial charge is 0.486 e. The Balaban J connectivity index is 2.01. The van der Waals surface area contributed by atoms with Crippen LogP contribution in [0.25, 0.3) is 0 Å². The lowest BCUT2D eigenvalue weighted by atomic mass is 10.1. The average Bonchev–Trinajstić information content (AvgIpc) is 2.91. The Bertz CT molecular complexity index is 556. The van der Waals surface area contributed by atoms with Gasteiger partial charge in [0, 0.05) is 16.0 Å². The van der Waals surface area contributed by atoms with Crippen LogP contribution >= 0.6 is 22.9 Å². The van der Waals surface area contributed by atoms with E-state index in [1.807, 2.05) is 23.6 Å². The number of fused-ring (bicyclic) bond motifs is 1. The first-order chi connectivity index (χ1) is 8.75. The Morgan fingerprint density at radius 1 is 1.22 bits per heavy atom. The molecule has 1 aliphatic heterocycles. The Labute approximate surface area is 114 Å². The molecule has 3 nitrogen and oxygen atoms in total. The Hall–Kier alpha value is -1.23. The number of nitrogens with two attached hydrogens (primary N) is 1. The van der Waals surface area contributed by atoms with Gasteiger partial charge in [0.1, 0.15) is 13.2 Å². The quantitative estimate of drug-likeness (QED) is 0.919. The summed E-state index contributed by atoms with van der Waals surface area (Å²) in [5.41, 5.74) is 7.09. The third-order valence-electron chi connectivity index (χ3n) is 2.85. The molecule has 1 aromatic heterocycles. The third kappa shape index (κ3) is 2.07. The van der Waals surface area contributed by atoms with Crippen molar-refractivity contribution in [1.29, 1.82) is 0 Å². The van der Waals surface area contributed by atoms with E-state index in [-0.39, 0.29) is 6.04 Å². The molecule has 1 aromatic carbocycles. The molecule has 1 aliphatic rings. The Kier molecular flexibility index (Phi) is 3.16. The van der Waals surface area contributed by atoms with Crippen LogP contribution < -0.4 is 15.2 Å². The minimum atomic E-state index is -0.228. The highest BCUT2D eigenvalue weighted by atomic mass is 35.5. The lowest BCUT2D eigenvalue weighted by molar-refractivity contribution is 0.171. The van der Waals surface area contributed by atoms with Crippen LogP contribution in [-0.2, 0) is 0 Å². The van der Waals surface area contributed by atoms with E-state index in [2.05, 4.69) is 0 Å². The van der Waals surface area contributed by atoms with Gasteiger partial charge < -0.3 is 15.2 Å². The molecule has 18 heavy (non-hydrogen) atoms. The number of hydrogen-bond acceptors (Lipinski definition) is 4. The van der Waals surface area contributed by atoms with E-state index in [9.17, 15) is 0 Å². The SMILES string of the molecule is NC(c1cccs1)c1cc2c(cc1Cl)OCCO2. The highest BCUT2D eigenvalue weighted by molar-refractivity contribution is 7.10. The van der Waals surface area contributed by atoms with Gasteiger partial charge in [-0.1, -0.05) is 17.7 Å². The fraction of sp³-hybridized carbons (Fsp3) is 0.231. The number of halogens is 1. The first kappa shape index (κ1) is 11.8. The number of hydrogen-bond donors (Lipinski definition) is 1. The summed E-state index contributed by atoms with van der Waals surface area (Å²) in [4.78, 5) is 1.08. The molecule has 1 atom stereocenters. The van der Waals surface area contributed by atoms with Gasteiger partial charge in [-0.25, -0.2) is 0 Å². The van der Waals surface area contributed by atoms with Crippen LogP contribution in [0.2, 0.25) is 5.02 Å². The summed E-state index contributed by atoms with van der Waals surface area (Å²) in [6.07, 6.45) is 0. The van der Waals surface area contributed by atoms with Gasteiger partial charge in [0.25, 0.3) is 0 Å². The molecule has 1 unspecified atom stereocenters. The summed E-state index contributed by atoms with van der Waals surface area (Å²) in [5.74, 6) is 1.40. The van der Waals surface area contributed by atoms with E-state index >= 15 is 0 Å². The molecule has 0 spiro atoms. The van der Waals surface area contributed by atoms with Crippen LogP contribution in [-0.4, -0.2) is 13.2 Å². The van der Waals surface area contributed by atoms with E-state index in [1.54, 1.807) is 17.4 Å². The Morgan fingerprint density at radius 2 is 1.94 bits per heavy atom. The Morgan fingerprint density at radius 3 is 2.61 bits per heavy atom. The van der Waals surface area contributed by atoms with Gasteiger partial charge in [-0.05, 0) is 23.1 Å². The predicted octanol–water partition coefficient (Wildman–Crippen LogP) is 3.22. The highest BCUT2D eigenvalue weighted by Crippen LogP contribution is 2.39. The third-order valence-corrected chi connectivity index (χ3v) is 4.13. The van der Waals surface area contributed by atoms with Crippen LogP contribution in [0.3, 0.4) is 0 Å². The van der Waals surface area contributed by atoms with E-state index in [0.717, 1.165) is 10.4 Å². The second kappa shape index (κ2) is 4.80. The molecule has 0 radical (unpaired) electrons. The number of benzene rings is 1. The molecule has 5 heteroatoms. The molecule has 0 fully saturated rings. The van der Waals surface area contributed by atoms with Crippen LogP contribution in [0.15, 0.2) is 29.6 Å². The zero-order chi connectivity index (χ0) is 12.5. The first-order valence-electron chi connectivity index (χ1n) is 5.64. The smallest absolute Gasteiger partial charge is 0.162 e. The predicted molar refractivity (Wildman–Crippen MR) is 72.8 cm³/mol. The van der Waals surface area contributed by atoms with Crippen molar-refractivity contribution in [2.24, 2.45) is 5.73 Å². The van der Waals surface area contributed by atoms with Gasteiger partial charge in [-0.2, -0.15) is 0 Å². The minimum absolute atomic E-state index is 0.228. The molecule has 94 valence electrons. The maximum absolute atomic E-state index is 6.26. The zero-order valence-corrected chi connectivity index (χ0v) is 11.1. The van der Waals surface area contributed by atoms with E-state index in [4.69, 9.17) is 26.8 Å². The summed E-state index contributed by atoms with van der Waals surface area (Å²) in [6.45, 7) is 1.11. The fourth-order valence-corrected chi connectivity index (χ4v) is 2.96. The zero-order valence-electron chi connectivity index (χ0n) is 9.56. The van der Waals surface area contributed by atoms with Gasteiger partial charge in [-0.15, -0.1) is 11.3 Å². The second-order valence-electron chi connectivity index (χ2n) is 4.01. The van der Waals surface area contributed by atoms with Crippen molar-refractivity contribution in [2.75, 3.05) is 13.2 Å². The summed E-state index contributed by atoms with van der Waals surface area (Å²) in [6, 6.07) is 7.40. The van der Waals surface area contributed by atoms with Crippen molar-refractivity contribution in [3.8, 4) is 11.5 Å². The minimum Gasteiger partial charge on any atom is -0.486 e. The van der Waals surface area contributed by atoms with Crippen molar-refractivity contribution in [1.82, 2.24) is 0 Å². The van der Waals surface area contributed by atoms with Crippen LogP contribution in [0, 0.1) is 0 Å². The van der Waals surface area contributed by atoms with Crippen molar-refractivity contribution in [3.05, 3.63) is 45.1 Å². The lowest BCUT2D eigenvalue weighted by Crippen LogP contribution is -2.17. The monoisotopic (exact) mass is 281 g/mol. The lowest BCUT2D eigenvalue weighted by Gasteiger charge is -2.21. The number of ether oxygens (including phenoxy) is 2. The highest BCUT2D eigenvalue weighted by Gasteiger charge is 2.19. The van der Waals surface area contributed by atoms with E-state index in [1.165, 1.54) is 0 Å². The van der Waals surface area contributed by atoms with Crippen molar-refractivity contribution in [2.45, 2.75) is 6.04 Å². The maximum Gasteiger partial charge on any atom is 0.162 e. The van der Waals surface area contributed by atoms with Gasteiger partial charge in [0.05, 0.1) is 6.04 Å². The molecular weight excluding hydrogens is 270 g/mol. The maximum atomic E-state index is 6.26. The van der Waals surface area contributed by atoms with Gasteiger partial charge in [0.2, 0.25) is 0 Å². The second-order valence-corrected chi connectivity index (χ2v) is 5.40. The topological polar surface area (TPSA) is 44.5 Å². The van der Waals surface area contributed by atoms with Crippen LogP contribution in [0.1, 0.15) is 16.5 Å². The van der Waals surface area contributed by atoms with Crippen molar-refractivity contribution in [3.63, 3.8) is 0 Å². The molecule has 0 saturated carbocycles. The van der Waals surface area contributed by atoms with Gasteiger partial charge in [-0.3, -0.25) is 0 Å². The average molecular weight is 282 g/mol. The number of thiophene rings is 1. The number of rotatable bonds is 2. The molecule has 0 aliphatic carbocycles. The van der Waals surface area contributed by atoms with Crippen LogP contribution in [0.5, 0.6) is 11.5 Å². The normalized spacial score (nSPS) is 15.4. The van der Waals surface area contributed by atoms with Gasteiger partial charge in [0.15, 0.2) is 11.5 Å². The summed E-state index contributed by atoms with van der Waals surface area (Å²) < 4.78 is 11.0. The molecule has 0 saturated heterocycles. The summed E-state index contributed by atoms with van der Waals surface area (Å²) in [5, 5.41) is 2.61. The molecule has 2 N–H and O–H groups in total.